The smallest absolute Gasteiger partial charge is 0.415 e. The number of aromatic amines is 1. The van der Waals surface area contributed by atoms with Crippen molar-refractivity contribution in [3.8, 4) is 40.0 Å². The SMILES string of the molecule is [2H]C([2H])([2H])N(C(=O)OC(C)(C)C)c1nc(-c2cnn(C)c2-c2c(F)cc3c(c2C#N)OC2(CC2)c2nnc(C)n2-3)cc2c(CN)n[nH]c(=O)c12. The fourth-order valence-electron chi connectivity index (χ4n) is 5.84. The number of hydrogen-bond donors (Lipinski definition) is 2. The lowest BCUT2D eigenvalue weighted by atomic mass is 9.96. The zero-order valence-electron chi connectivity index (χ0n) is 29.0. The first-order chi connectivity index (χ1) is 23.5. The number of ether oxygens (including phenoxy) is 2. The van der Waals surface area contributed by atoms with Gasteiger partial charge in [0.15, 0.2) is 23.0 Å². The molecule has 1 spiro atoms. The second-order valence-corrected chi connectivity index (χ2v) is 12.4. The van der Waals surface area contributed by atoms with Crippen molar-refractivity contribution in [2.75, 3.05) is 11.9 Å². The van der Waals surface area contributed by atoms with Crippen LogP contribution in [0.5, 0.6) is 5.75 Å². The lowest BCUT2D eigenvalue weighted by Crippen LogP contribution is -2.35. The highest BCUT2D eigenvalue weighted by atomic mass is 19.1. The third-order valence-corrected chi connectivity index (χ3v) is 8.06. The molecule has 4 aromatic heterocycles. The fourth-order valence-corrected chi connectivity index (χ4v) is 5.84. The number of nitrogens with zero attached hydrogens (tertiary/aromatic N) is 9. The Bertz CT molecular complexity index is 2360. The van der Waals surface area contributed by atoms with Gasteiger partial charge >= 0.3 is 6.09 Å². The Hall–Kier alpha value is -5.69. The van der Waals surface area contributed by atoms with Crippen molar-refractivity contribution in [2.24, 2.45) is 12.8 Å². The van der Waals surface area contributed by atoms with E-state index in [4.69, 9.17) is 19.3 Å². The molecule has 2 aliphatic rings. The van der Waals surface area contributed by atoms with Gasteiger partial charge in [-0.25, -0.2) is 19.3 Å². The van der Waals surface area contributed by atoms with Gasteiger partial charge in [-0.15, -0.1) is 10.2 Å². The first-order valence-electron chi connectivity index (χ1n) is 16.1. The van der Waals surface area contributed by atoms with Crippen LogP contribution < -0.4 is 20.9 Å². The maximum atomic E-state index is 16.5. The number of anilines is 1. The highest BCUT2D eigenvalue weighted by molar-refractivity contribution is 6.02. The molecule has 1 aromatic carbocycles. The zero-order chi connectivity index (χ0) is 36.1. The van der Waals surface area contributed by atoms with Gasteiger partial charge in [0.1, 0.15) is 28.9 Å². The number of nitrogens with one attached hydrogen (secondary N) is 1. The van der Waals surface area contributed by atoms with Crippen LogP contribution in [-0.4, -0.2) is 58.4 Å². The molecule has 1 amide bonds. The molecule has 0 atom stereocenters. The number of carbonyl (C=O) groups excluding carboxylic acids is 1. The summed E-state index contributed by atoms with van der Waals surface area (Å²) in [6, 6.07) is 4.76. The summed E-state index contributed by atoms with van der Waals surface area (Å²) in [6.07, 6.45) is 1.28. The lowest BCUT2D eigenvalue weighted by molar-refractivity contribution is 0.0588. The van der Waals surface area contributed by atoms with Crippen LogP contribution in [0.3, 0.4) is 0 Å². The first kappa shape index (κ1) is 26.5. The van der Waals surface area contributed by atoms with Crippen molar-refractivity contribution < 1.29 is 22.8 Å². The van der Waals surface area contributed by atoms with Crippen LogP contribution in [0.2, 0.25) is 0 Å². The predicted molar refractivity (Wildman–Crippen MR) is 166 cm³/mol. The number of halogens is 1. The molecule has 0 radical (unpaired) electrons. The molecule has 0 saturated heterocycles. The Morgan fingerprint density at radius 1 is 1.34 bits per heavy atom. The number of nitriles is 1. The summed E-state index contributed by atoms with van der Waals surface area (Å²) in [7, 11) is 1.53. The third kappa shape index (κ3) is 4.53. The average Bonchev–Trinajstić information content (AvgIpc) is 3.51. The van der Waals surface area contributed by atoms with Gasteiger partial charge in [0.25, 0.3) is 5.56 Å². The van der Waals surface area contributed by atoms with Crippen LogP contribution in [0.15, 0.2) is 23.1 Å². The van der Waals surface area contributed by atoms with Crippen LogP contribution >= 0.6 is 0 Å². The molecule has 47 heavy (non-hydrogen) atoms. The predicted octanol–water partition coefficient (Wildman–Crippen LogP) is 3.50. The molecule has 0 unspecified atom stereocenters. The van der Waals surface area contributed by atoms with Crippen molar-refractivity contribution in [3.05, 3.63) is 57.4 Å². The number of pyridine rings is 1. The van der Waals surface area contributed by atoms with Gasteiger partial charge in [-0.2, -0.15) is 15.5 Å². The second kappa shape index (κ2) is 10.2. The van der Waals surface area contributed by atoms with E-state index in [1.54, 1.807) is 32.3 Å². The van der Waals surface area contributed by atoms with Gasteiger partial charge in [-0.3, -0.25) is 18.9 Å². The Kier molecular flexibility index (Phi) is 5.73. The van der Waals surface area contributed by atoms with Gasteiger partial charge < -0.3 is 15.2 Å². The van der Waals surface area contributed by atoms with E-state index in [1.807, 2.05) is 0 Å². The maximum absolute atomic E-state index is 16.5. The van der Waals surface area contributed by atoms with Crippen LogP contribution in [0, 0.1) is 24.1 Å². The van der Waals surface area contributed by atoms with E-state index in [0.717, 1.165) is 0 Å². The molecule has 1 aliphatic carbocycles. The number of benzene rings is 1. The molecule has 240 valence electrons. The summed E-state index contributed by atoms with van der Waals surface area (Å²) >= 11 is 0. The molecule has 0 bridgehead atoms. The minimum absolute atomic E-state index is 0.0342. The van der Waals surface area contributed by atoms with Crippen LogP contribution in [0.4, 0.5) is 15.0 Å². The van der Waals surface area contributed by atoms with Crippen LogP contribution in [-0.2, 0) is 23.9 Å². The standard InChI is InChI=1S/C31H30FN11O4/c1-14-37-40-28-31(7-8-31)46-25-16(11-33)22(18(32)10-21(25)43(14)28)24-17(13-35-42(24)6)19-9-15-20(12-34)38-39-27(44)23(15)26(36-19)41(5)29(45)47-30(2,3)4/h9-10,13H,7-8,12,34H2,1-6H3,(H,39,44)/i5D3. The number of rotatable bonds is 4. The largest absolute Gasteiger partial charge is 0.476 e. The van der Waals surface area contributed by atoms with Gasteiger partial charge in [0, 0.05) is 41.7 Å². The Balaban J connectivity index is 1.51. The van der Waals surface area contributed by atoms with E-state index < -0.39 is 41.5 Å². The summed E-state index contributed by atoms with van der Waals surface area (Å²) < 4.78 is 56.1. The molecular formula is C31H30FN11O4. The summed E-state index contributed by atoms with van der Waals surface area (Å²) in [4.78, 5) is 31.6. The van der Waals surface area contributed by atoms with Crippen molar-refractivity contribution in [2.45, 2.75) is 58.3 Å². The minimum atomic E-state index is -3.19. The number of aromatic nitrogens is 8. The normalized spacial score (nSPS) is 15.6. The van der Waals surface area contributed by atoms with Gasteiger partial charge in [-0.1, -0.05) is 0 Å². The number of hydrogen-bond acceptors (Lipinski definition) is 11. The quantitative estimate of drug-likeness (QED) is 0.291. The van der Waals surface area contributed by atoms with Gasteiger partial charge in [0.05, 0.1) is 39.9 Å². The highest BCUT2D eigenvalue weighted by Crippen LogP contribution is 2.55. The molecule has 1 saturated carbocycles. The average molecular weight is 643 g/mol. The minimum Gasteiger partial charge on any atom is -0.476 e. The van der Waals surface area contributed by atoms with Crippen LogP contribution in [0.1, 0.15) is 60.6 Å². The van der Waals surface area contributed by atoms with E-state index in [0.29, 0.717) is 29.4 Å². The monoisotopic (exact) mass is 642 g/mol. The Labute approximate surface area is 271 Å². The number of nitrogens with two attached hydrogens (primary N) is 1. The molecule has 16 heteroatoms. The molecule has 7 rings (SSSR count). The maximum Gasteiger partial charge on any atom is 0.415 e. The molecule has 15 nitrogen and oxygen atoms in total. The van der Waals surface area contributed by atoms with E-state index in [-0.39, 0.29) is 62.5 Å². The molecule has 5 heterocycles. The van der Waals surface area contributed by atoms with Gasteiger partial charge in [-0.05, 0) is 46.6 Å². The molecule has 1 fully saturated rings. The number of aryl methyl sites for hydroxylation is 2. The van der Waals surface area contributed by atoms with E-state index in [1.165, 1.54) is 30.1 Å². The summed E-state index contributed by atoms with van der Waals surface area (Å²) in [6.45, 7) is 2.99. The van der Waals surface area contributed by atoms with E-state index >= 15 is 4.39 Å². The van der Waals surface area contributed by atoms with Crippen molar-refractivity contribution in [1.29, 1.82) is 5.26 Å². The zero-order valence-corrected chi connectivity index (χ0v) is 26.0. The third-order valence-electron chi connectivity index (χ3n) is 8.06. The lowest BCUT2D eigenvalue weighted by Gasteiger charge is -2.28. The molecular weight excluding hydrogens is 609 g/mol. The van der Waals surface area contributed by atoms with Crippen molar-refractivity contribution in [3.63, 3.8) is 0 Å². The Morgan fingerprint density at radius 3 is 2.77 bits per heavy atom. The Morgan fingerprint density at radius 2 is 2.11 bits per heavy atom. The summed E-state index contributed by atoms with van der Waals surface area (Å²) in [5.74, 6) is -0.240. The van der Waals surface area contributed by atoms with Crippen molar-refractivity contribution >= 4 is 22.7 Å². The second-order valence-electron chi connectivity index (χ2n) is 12.4. The molecule has 3 N–H and O–H groups in total. The highest BCUT2D eigenvalue weighted by Gasteiger charge is 2.55. The number of amides is 1. The first-order valence-corrected chi connectivity index (χ1v) is 14.6. The fraction of sp³-hybridized carbons (Fsp3) is 0.355. The summed E-state index contributed by atoms with van der Waals surface area (Å²) in [5, 5.41) is 29.4. The van der Waals surface area contributed by atoms with E-state index in [2.05, 4.69) is 36.5 Å². The molecule has 1 aliphatic heterocycles. The molecule has 5 aromatic rings. The number of H-pyrrole nitrogens is 1. The topological polar surface area (TPSA) is 196 Å². The van der Waals surface area contributed by atoms with E-state index in [9.17, 15) is 14.9 Å². The number of carbonyl (C=O) groups is 1. The van der Waals surface area contributed by atoms with Crippen molar-refractivity contribution in [1.82, 2.24) is 39.7 Å². The number of fused-ring (bicyclic) bond motifs is 5. The van der Waals surface area contributed by atoms with Crippen LogP contribution in [0.25, 0.3) is 39.0 Å². The summed E-state index contributed by atoms with van der Waals surface area (Å²) in [5.41, 5.74) is 3.47. The van der Waals surface area contributed by atoms with Gasteiger partial charge in [0.2, 0.25) is 0 Å².